The number of aryl methyl sites for hydroxylation is 1. The number of nitrogens with one attached hydrogen (secondary N) is 1. The van der Waals surface area contributed by atoms with Crippen LogP contribution in [0.15, 0.2) is 41.4 Å². The number of carbonyl (C=O) groups excluding carboxylic acids is 1. The summed E-state index contributed by atoms with van der Waals surface area (Å²) >= 11 is 0. The van der Waals surface area contributed by atoms with Gasteiger partial charge in [-0.2, -0.15) is 19.3 Å². The lowest BCUT2D eigenvalue weighted by Crippen LogP contribution is -2.51. The summed E-state index contributed by atoms with van der Waals surface area (Å²) < 4.78 is 28.6. The fourth-order valence-corrected chi connectivity index (χ4v) is 6.63. The maximum atomic E-state index is 13.6. The van der Waals surface area contributed by atoms with Gasteiger partial charge in [0.05, 0.1) is 10.6 Å². The molecular formula is C30H42N10O3S. The van der Waals surface area contributed by atoms with E-state index in [0.717, 1.165) is 26.2 Å². The summed E-state index contributed by atoms with van der Waals surface area (Å²) in [5.41, 5.74) is 1.08. The van der Waals surface area contributed by atoms with Gasteiger partial charge in [-0.1, -0.05) is 39.8 Å². The van der Waals surface area contributed by atoms with E-state index < -0.39 is 10.0 Å². The molecule has 0 radical (unpaired) electrons. The van der Waals surface area contributed by atoms with E-state index >= 15 is 0 Å². The maximum Gasteiger partial charge on any atom is 0.243 e. The zero-order valence-electron chi connectivity index (χ0n) is 26.2. The maximum absolute atomic E-state index is 13.6. The fourth-order valence-electron chi connectivity index (χ4n) is 5.16. The molecule has 0 saturated carbocycles. The summed E-state index contributed by atoms with van der Waals surface area (Å²) in [6, 6.07) is 8.48. The summed E-state index contributed by atoms with van der Waals surface area (Å²) in [4.78, 5) is 41.8. The van der Waals surface area contributed by atoms with Crippen molar-refractivity contribution < 1.29 is 13.2 Å². The van der Waals surface area contributed by atoms with Crippen LogP contribution < -0.4 is 10.2 Å². The molecule has 13 nitrogen and oxygen atoms in total. The quantitative estimate of drug-likeness (QED) is 0.396. The molecule has 0 aliphatic carbocycles. The number of piperazine rings is 2. The number of benzene rings is 1. The van der Waals surface area contributed by atoms with Gasteiger partial charge in [-0.3, -0.25) is 10.1 Å². The molecule has 5 rings (SSSR count). The number of hydrogen-bond acceptors (Lipinski definition) is 11. The molecule has 1 aromatic carbocycles. The van der Waals surface area contributed by atoms with Crippen molar-refractivity contribution in [2.75, 3.05) is 69.6 Å². The molecule has 44 heavy (non-hydrogen) atoms. The Labute approximate surface area is 259 Å². The number of nitrogens with zero attached hydrogens (tertiary/aromatic N) is 9. The van der Waals surface area contributed by atoms with Crippen LogP contribution in [0.5, 0.6) is 0 Å². The van der Waals surface area contributed by atoms with E-state index in [4.69, 9.17) is 0 Å². The van der Waals surface area contributed by atoms with Crippen molar-refractivity contribution in [3.8, 4) is 11.3 Å². The van der Waals surface area contributed by atoms with Gasteiger partial charge in [0.1, 0.15) is 5.82 Å². The lowest BCUT2D eigenvalue weighted by molar-refractivity contribution is -0.134. The summed E-state index contributed by atoms with van der Waals surface area (Å²) in [6.45, 7) is 12.9. The molecule has 0 bridgehead atoms. The highest BCUT2D eigenvalue weighted by atomic mass is 32.2. The first-order valence-electron chi connectivity index (χ1n) is 15.1. The van der Waals surface area contributed by atoms with E-state index in [1.165, 1.54) is 4.31 Å². The highest BCUT2D eigenvalue weighted by molar-refractivity contribution is 7.89. The first-order chi connectivity index (χ1) is 20.9. The Hall–Kier alpha value is -3.75. The van der Waals surface area contributed by atoms with Crippen LogP contribution in [-0.2, 0) is 21.2 Å². The number of rotatable bonds is 8. The van der Waals surface area contributed by atoms with Gasteiger partial charge < -0.3 is 14.7 Å². The number of anilines is 3. The molecule has 236 valence electrons. The van der Waals surface area contributed by atoms with Crippen LogP contribution in [0.25, 0.3) is 11.3 Å². The van der Waals surface area contributed by atoms with E-state index in [1.807, 2.05) is 33.8 Å². The average Bonchev–Trinajstić information content (AvgIpc) is 3.00. The first-order valence-corrected chi connectivity index (χ1v) is 16.5. The minimum Gasteiger partial charge on any atom is -0.340 e. The van der Waals surface area contributed by atoms with Crippen LogP contribution >= 0.6 is 0 Å². The van der Waals surface area contributed by atoms with Crippen LogP contribution in [0.3, 0.4) is 0 Å². The molecule has 14 heteroatoms. The first kappa shape index (κ1) is 31.7. The molecule has 2 aromatic heterocycles. The van der Waals surface area contributed by atoms with Crippen molar-refractivity contribution in [2.45, 2.75) is 45.4 Å². The number of aromatic nitrogens is 5. The Kier molecular flexibility index (Phi) is 9.42. The fraction of sp³-hybridized carbons (Fsp3) is 0.533. The van der Waals surface area contributed by atoms with Gasteiger partial charge >= 0.3 is 0 Å². The van der Waals surface area contributed by atoms with Gasteiger partial charge in [-0.05, 0) is 30.7 Å². The van der Waals surface area contributed by atoms with E-state index in [2.05, 4.69) is 47.1 Å². The molecule has 1 amide bonds. The second kappa shape index (κ2) is 13.1. The monoisotopic (exact) mass is 622 g/mol. The van der Waals surface area contributed by atoms with Crippen molar-refractivity contribution in [3.05, 3.63) is 42.4 Å². The van der Waals surface area contributed by atoms with Crippen LogP contribution in [0.4, 0.5) is 17.8 Å². The lowest BCUT2D eigenvalue weighted by Gasteiger charge is -2.35. The Balaban J connectivity index is 1.30. The molecular weight excluding hydrogens is 580 g/mol. The van der Waals surface area contributed by atoms with Gasteiger partial charge in [0, 0.05) is 77.0 Å². The van der Waals surface area contributed by atoms with E-state index in [1.54, 1.807) is 35.4 Å². The average molecular weight is 623 g/mol. The predicted molar refractivity (Wildman–Crippen MR) is 169 cm³/mol. The Morgan fingerprint density at radius 2 is 1.64 bits per heavy atom. The van der Waals surface area contributed by atoms with E-state index in [-0.39, 0.29) is 29.3 Å². The van der Waals surface area contributed by atoms with Gasteiger partial charge in [-0.25, -0.2) is 18.4 Å². The van der Waals surface area contributed by atoms with Crippen molar-refractivity contribution >= 4 is 33.8 Å². The number of hydrogen-bond donors (Lipinski definition) is 1. The topological polar surface area (TPSA) is 141 Å². The van der Waals surface area contributed by atoms with Crippen molar-refractivity contribution in [3.63, 3.8) is 0 Å². The molecule has 3 aromatic rings. The normalized spacial score (nSPS) is 17.1. The highest BCUT2D eigenvalue weighted by Crippen LogP contribution is 2.26. The zero-order valence-corrected chi connectivity index (χ0v) is 27.0. The summed E-state index contributed by atoms with van der Waals surface area (Å²) in [5, 5.41) is 3.12. The van der Waals surface area contributed by atoms with Crippen LogP contribution in [0, 0.1) is 5.41 Å². The second-order valence-corrected chi connectivity index (χ2v) is 14.4. The van der Waals surface area contributed by atoms with Crippen LogP contribution in [0.1, 0.15) is 39.9 Å². The standard InChI is InChI=1S/C30H42N10O3S/c1-6-25-33-28(36-29(34-25)39-14-12-37(5)13-15-39)35-27-31-11-10-24(32-27)22-8-7-9-23(20-22)44(42,43)40-18-16-38(17-19-40)26(41)21-30(2,3)4/h7-11,20H,6,12-19,21H2,1-5H3,(H,31,32,33,34,35,36). The van der Waals surface area contributed by atoms with Crippen molar-refractivity contribution in [2.24, 2.45) is 5.41 Å². The van der Waals surface area contributed by atoms with Gasteiger partial charge in [0.2, 0.25) is 33.8 Å². The van der Waals surface area contributed by atoms with Gasteiger partial charge in [0.25, 0.3) is 0 Å². The summed E-state index contributed by atoms with van der Waals surface area (Å²) in [6.07, 6.45) is 2.70. The second-order valence-electron chi connectivity index (χ2n) is 12.5. The predicted octanol–water partition coefficient (Wildman–Crippen LogP) is 2.66. The third kappa shape index (κ3) is 7.66. The number of amides is 1. The molecule has 2 aliphatic rings. The highest BCUT2D eigenvalue weighted by Gasteiger charge is 2.31. The number of sulfonamides is 1. The molecule has 1 N–H and O–H groups in total. The summed E-state index contributed by atoms with van der Waals surface area (Å²) in [7, 11) is -1.66. The van der Waals surface area contributed by atoms with Gasteiger partial charge in [-0.15, -0.1) is 0 Å². The van der Waals surface area contributed by atoms with Gasteiger partial charge in [0.15, 0.2) is 0 Å². The minimum absolute atomic E-state index is 0.0587. The van der Waals surface area contributed by atoms with Crippen molar-refractivity contribution in [1.82, 2.24) is 39.0 Å². The largest absolute Gasteiger partial charge is 0.340 e. The van der Waals surface area contributed by atoms with E-state index in [9.17, 15) is 13.2 Å². The number of likely N-dealkylation sites (N-methyl/N-ethyl adjacent to an activating group) is 1. The molecule has 2 fully saturated rings. The van der Waals surface area contributed by atoms with E-state index in [0.29, 0.717) is 60.9 Å². The third-order valence-corrected chi connectivity index (χ3v) is 9.59. The van der Waals surface area contributed by atoms with Crippen LogP contribution in [0.2, 0.25) is 0 Å². The number of carbonyl (C=O) groups is 1. The Bertz CT molecular complexity index is 1580. The Morgan fingerprint density at radius 3 is 2.32 bits per heavy atom. The van der Waals surface area contributed by atoms with Crippen LogP contribution in [-0.4, -0.2) is 113 Å². The molecule has 0 spiro atoms. The molecule has 2 aliphatic heterocycles. The summed E-state index contributed by atoms with van der Waals surface area (Å²) in [5.74, 6) is 2.01. The third-order valence-electron chi connectivity index (χ3n) is 7.69. The molecule has 4 heterocycles. The molecule has 0 atom stereocenters. The Morgan fingerprint density at radius 1 is 0.909 bits per heavy atom. The lowest BCUT2D eigenvalue weighted by atomic mass is 9.91. The molecule has 0 unspecified atom stereocenters. The minimum atomic E-state index is -3.76. The molecule has 2 saturated heterocycles. The van der Waals surface area contributed by atoms with Crippen molar-refractivity contribution in [1.29, 1.82) is 0 Å². The zero-order chi connectivity index (χ0) is 31.5. The SMILES string of the molecule is CCc1nc(Nc2nccc(-c3cccc(S(=O)(=O)N4CCN(C(=O)CC(C)(C)C)CC4)c3)n2)nc(N2CCN(C)CC2)n1. The smallest absolute Gasteiger partial charge is 0.243 e.